The number of ether oxygens (including phenoxy) is 3. The van der Waals surface area contributed by atoms with Crippen LogP contribution in [0.25, 0.3) is 0 Å². The van der Waals surface area contributed by atoms with E-state index in [1.54, 1.807) is 13.2 Å². The van der Waals surface area contributed by atoms with Crippen molar-refractivity contribution >= 4 is 11.6 Å². The maximum absolute atomic E-state index is 13.0. The van der Waals surface area contributed by atoms with E-state index >= 15 is 0 Å². The van der Waals surface area contributed by atoms with Crippen LogP contribution in [0.15, 0.2) is 18.2 Å². The van der Waals surface area contributed by atoms with Gasteiger partial charge in [0.2, 0.25) is 0 Å². The lowest BCUT2D eigenvalue weighted by Crippen LogP contribution is -2.06. The standard InChI is InChI=1S/C12H16ClFO3/c1-15-7-8-16-5-2-6-17-10-3-4-11(13)12(14)9-10/h3-4,9H,2,5-8H2,1H3. The van der Waals surface area contributed by atoms with Gasteiger partial charge in [-0.15, -0.1) is 0 Å². The quantitative estimate of drug-likeness (QED) is 0.674. The molecule has 1 rings (SSSR count). The molecule has 0 aliphatic carbocycles. The van der Waals surface area contributed by atoms with Crippen LogP contribution < -0.4 is 4.74 Å². The second-order valence-electron chi connectivity index (χ2n) is 3.38. The number of hydrogen-bond acceptors (Lipinski definition) is 3. The molecule has 1 aromatic carbocycles. The summed E-state index contributed by atoms with van der Waals surface area (Å²) in [4.78, 5) is 0. The zero-order valence-electron chi connectivity index (χ0n) is 9.75. The van der Waals surface area contributed by atoms with E-state index in [2.05, 4.69) is 0 Å². The van der Waals surface area contributed by atoms with Crippen LogP contribution in [0.4, 0.5) is 4.39 Å². The van der Waals surface area contributed by atoms with Crippen LogP contribution >= 0.6 is 11.6 Å². The van der Waals surface area contributed by atoms with Gasteiger partial charge in [-0.2, -0.15) is 0 Å². The Balaban J connectivity index is 2.11. The summed E-state index contributed by atoms with van der Waals surface area (Å²) in [6.07, 6.45) is 0.744. The van der Waals surface area contributed by atoms with Gasteiger partial charge in [-0.25, -0.2) is 4.39 Å². The van der Waals surface area contributed by atoms with Crippen LogP contribution in [0.2, 0.25) is 5.02 Å². The molecule has 0 aliphatic rings. The smallest absolute Gasteiger partial charge is 0.145 e. The van der Waals surface area contributed by atoms with Gasteiger partial charge in [0.15, 0.2) is 0 Å². The molecule has 0 aromatic heterocycles. The summed E-state index contributed by atoms with van der Waals surface area (Å²) in [5.41, 5.74) is 0. The van der Waals surface area contributed by atoms with Crippen LogP contribution in [0.5, 0.6) is 5.75 Å². The van der Waals surface area contributed by atoms with Crippen molar-refractivity contribution < 1.29 is 18.6 Å². The third-order valence-electron chi connectivity index (χ3n) is 2.02. The molecule has 0 fully saturated rings. The van der Waals surface area contributed by atoms with Crippen LogP contribution in [0.3, 0.4) is 0 Å². The Hall–Kier alpha value is -0.840. The van der Waals surface area contributed by atoms with Gasteiger partial charge in [0.25, 0.3) is 0 Å². The Labute approximate surface area is 105 Å². The van der Waals surface area contributed by atoms with Gasteiger partial charge in [0.05, 0.1) is 24.8 Å². The summed E-state index contributed by atoms with van der Waals surface area (Å²) >= 11 is 5.55. The first-order valence-corrected chi connectivity index (χ1v) is 5.76. The molecule has 3 nitrogen and oxygen atoms in total. The fourth-order valence-corrected chi connectivity index (χ4v) is 1.28. The third kappa shape index (κ3) is 5.86. The second-order valence-corrected chi connectivity index (χ2v) is 3.79. The monoisotopic (exact) mass is 262 g/mol. The third-order valence-corrected chi connectivity index (χ3v) is 2.33. The van der Waals surface area contributed by atoms with E-state index in [-0.39, 0.29) is 5.02 Å². The number of hydrogen-bond donors (Lipinski definition) is 0. The highest BCUT2D eigenvalue weighted by Gasteiger charge is 2.01. The SMILES string of the molecule is COCCOCCCOc1ccc(Cl)c(F)c1. The average molecular weight is 263 g/mol. The predicted molar refractivity (Wildman–Crippen MR) is 64.2 cm³/mol. The van der Waals surface area contributed by atoms with Crippen molar-refractivity contribution in [2.24, 2.45) is 0 Å². The highest BCUT2D eigenvalue weighted by molar-refractivity contribution is 6.30. The molecule has 0 bridgehead atoms. The van der Waals surface area contributed by atoms with Gasteiger partial charge in [-0.05, 0) is 12.1 Å². The van der Waals surface area contributed by atoms with Gasteiger partial charge in [0, 0.05) is 26.2 Å². The van der Waals surface area contributed by atoms with Crippen LogP contribution in [-0.4, -0.2) is 33.5 Å². The fourth-order valence-electron chi connectivity index (χ4n) is 1.16. The predicted octanol–water partition coefficient (Wildman–Crippen LogP) is 2.91. The first kappa shape index (κ1) is 14.2. The fraction of sp³-hybridized carbons (Fsp3) is 0.500. The molecule has 0 amide bonds. The van der Waals surface area contributed by atoms with E-state index in [9.17, 15) is 4.39 Å². The molecular weight excluding hydrogens is 247 g/mol. The van der Waals surface area contributed by atoms with Crippen LogP contribution in [0, 0.1) is 5.82 Å². The summed E-state index contributed by atoms with van der Waals surface area (Å²) in [5, 5.41) is 0.0975. The normalized spacial score (nSPS) is 10.5. The van der Waals surface area contributed by atoms with E-state index in [4.69, 9.17) is 25.8 Å². The lowest BCUT2D eigenvalue weighted by molar-refractivity contribution is 0.0644. The van der Waals surface area contributed by atoms with E-state index in [1.165, 1.54) is 12.1 Å². The Morgan fingerprint density at radius 2 is 2.00 bits per heavy atom. The zero-order chi connectivity index (χ0) is 12.5. The number of benzene rings is 1. The van der Waals surface area contributed by atoms with Gasteiger partial charge in [-0.1, -0.05) is 11.6 Å². The molecule has 0 heterocycles. The van der Waals surface area contributed by atoms with Crippen molar-refractivity contribution in [1.29, 1.82) is 0 Å². The summed E-state index contributed by atoms with van der Waals surface area (Å²) < 4.78 is 28.5. The summed E-state index contributed by atoms with van der Waals surface area (Å²) in [6.45, 7) is 2.24. The zero-order valence-corrected chi connectivity index (χ0v) is 10.5. The molecule has 0 radical (unpaired) electrons. The lowest BCUT2D eigenvalue weighted by Gasteiger charge is -2.07. The minimum absolute atomic E-state index is 0.0975. The molecular formula is C12H16ClFO3. The molecule has 0 unspecified atom stereocenters. The Morgan fingerprint density at radius 3 is 2.71 bits per heavy atom. The van der Waals surface area contributed by atoms with Crippen molar-refractivity contribution in [3.63, 3.8) is 0 Å². The molecule has 17 heavy (non-hydrogen) atoms. The van der Waals surface area contributed by atoms with E-state index in [0.29, 0.717) is 32.2 Å². The molecule has 96 valence electrons. The van der Waals surface area contributed by atoms with Crippen LogP contribution in [-0.2, 0) is 9.47 Å². The molecule has 0 spiro atoms. The molecule has 5 heteroatoms. The summed E-state index contributed by atoms with van der Waals surface area (Å²) in [6, 6.07) is 4.38. The number of halogens is 2. The first-order chi connectivity index (χ1) is 8.24. The maximum Gasteiger partial charge on any atom is 0.145 e. The van der Waals surface area contributed by atoms with Crippen molar-refractivity contribution in [3.8, 4) is 5.75 Å². The minimum atomic E-state index is -0.472. The van der Waals surface area contributed by atoms with E-state index in [0.717, 1.165) is 6.42 Å². The van der Waals surface area contributed by atoms with Crippen molar-refractivity contribution in [2.45, 2.75) is 6.42 Å². The highest BCUT2D eigenvalue weighted by Crippen LogP contribution is 2.20. The van der Waals surface area contributed by atoms with Crippen molar-refractivity contribution in [1.82, 2.24) is 0 Å². The minimum Gasteiger partial charge on any atom is -0.493 e. The topological polar surface area (TPSA) is 27.7 Å². The number of methoxy groups -OCH3 is 1. The van der Waals surface area contributed by atoms with Crippen LogP contribution in [0.1, 0.15) is 6.42 Å². The maximum atomic E-state index is 13.0. The summed E-state index contributed by atoms with van der Waals surface area (Å²) in [7, 11) is 1.63. The Morgan fingerprint density at radius 1 is 1.18 bits per heavy atom. The molecule has 1 aromatic rings. The largest absolute Gasteiger partial charge is 0.493 e. The lowest BCUT2D eigenvalue weighted by atomic mass is 10.3. The summed E-state index contributed by atoms with van der Waals surface area (Å²) in [5.74, 6) is 0.00398. The van der Waals surface area contributed by atoms with Gasteiger partial charge < -0.3 is 14.2 Å². The molecule has 0 saturated heterocycles. The van der Waals surface area contributed by atoms with E-state index in [1.807, 2.05) is 0 Å². The van der Waals surface area contributed by atoms with Gasteiger partial charge in [0.1, 0.15) is 11.6 Å². The average Bonchev–Trinajstić information content (AvgIpc) is 2.32. The Bertz CT molecular complexity index is 334. The molecule has 0 saturated carbocycles. The highest BCUT2D eigenvalue weighted by atomic mass is 35.5. The molecule has 0 N–H and O–H groups in total. The van der Waals surface area contributed by atoms with Gasteiger partial charge in [-0.3, -0.25) is 0 Å². The first-order valence-electron chi connectivity index (χ1n) is 5.38. The Kier molecular flexibility index (Phi) is 6.93. The second kappa shape index (κ2) is 8.28. The number of rotatable bonds is 8. The molecule has 0 aliphatic heterocycles. The van der Waals surface area contributed by atoms with Crippen molar-refractivity contribution in [2.75, 3.05) is 33.5 Å². The van der Waals surface area contributed by atoms with Crippen molar-refractivity contribution in [3.05, 3.63) is 29.0 Å². The van der Waals surface area contributed by atoms with E-state index < -0.39 is 5.82 Å². The van der Waals surface area contributed by atoms with Gasteiger partial charge >= 0.3 is 0 Å². The molecule has 0 atom stereocenters.